The second-order valence-electron chi connectivity index (χ2n) is 7.53. The van der Waals surface area contributed by atoms with Crippen molar-refractivity contribution in [1.82, 2.24) is 5.32 Å². The van der Waals surface area contributed by atoms with Gasteiger partial charge in [0, 0.05) is 19.0 Å². The Kier molecular flexibility index (Phi) is 6.87. The predicted molar refractivity (Wildman–Crippen MR) is 114 cm³/mol. The summed E-state index contributed by atoms with van der Waals surface area (Å²) in [5.74, 6) is 1.58. The van der Waals surface area contributed by atoms with Gasteiger partial charge in [0.15, 0.2) is 11.5 Å². The molecule has 0 saturated carbocycles. The number of benzene rings is 2. The van der Waals surface area contributed by atoms with Crippen LogP contribution >= 0.6 is 12.4 Å². The third-order valence-corrected chi connectivity index (χ3v) is 5.43. The number of carbonyl (C=O) groups excluding carboxylic acids is 1. The van der Waals surface area contributed by atoms with Crippen molar-refractivity contribution in [2.45, 2.75) is 51.1 Å². The molecule has 1 fully saturated rings. The lowest BCUT2D eigenvalue weighted by Crippen LogP contribution is -2.24. The Bertz CT molecular complexity index is 874. The van der Waals surface area contributed by atoms with Crippen LogP contribution in [-0.2, 0) is 11.2 Å². The summed E-state index contributed by atoms with van der Waals surface area (Å²) in [5, 5.41) is 16.3. The highest BCUT2D eigenvalue weighted by Crippen LogP contribution is 2.34. The Morgan fingerprint density at radius 2 is 2.00 bits per heavy atom. The first kappa shape index (κ1) is 21.3. The minimum absolute atomic E-state index is 0. The number of halogens is 1. The second kappa shape index (κ2) is 9.37. The molecule has 7 heteroatoms. The largest absolute Gasteiger partial charge is 0.506 e. The van der Waals surface area contributed by atoms with Crippen LogP contribution in [-0.4, -0.2) is 23.8 Å². The van der Waals surface area contributed by atoms with Crippen LogP contribution in [0.1, 0.15) is 49.8 Å². The third kappa shape index (κ3) is 5.14. The highest BCUT2D eigenvalue weighted by molar-refractivity contribution is 5.90. The topological polar surface area (TPSA) is 79.8 Å². The molecule has 2 unspecified atom stereocenters. The maximum atomic E-state index is 11.3. The van der Waals surface area contributed by atoms with E-state index in [9.17, 15) is 9.90 Å². The van der Waals surface area contributed by atoms with Gasteiger partial charge in [-0.25, -0.2) is 0 Å². The van der Waals surface area contributed by atoms with Gasteiger partial charge in [-0.3, -0.25) is 4.79 Å². The van der Waals surface area contributed by atoms with E-state index >= 15 is 0 Å². The van der Waals surface area contributed by atoms with E-state index in [0.29, 0.717) is 18.5 Å². The Hall–Kier alpha value is -2.44. The molecule has 0 bridgehead atoms. The molecule has 2 aromatic carbocycles. The number of phenolic OH excluding ortho intramolecular Hbond substituents is 1. The molecule has 1 saturated heterocycles. The second-order valence-corrected chi connectivity index (χ2v) is 7.53. The van der Waals surface area contributed by atoms with Gasteiger partial charge in [0.1, 0.15) is 5.75 Å². The lowest BCUT2D eigenvalue weighted by molar-refractivity contribution is -0.114. The van der Waals surface area contributed by atoms with Crippen molar-refractivity contribution in [3.63, 3.8) is 0 Å². The maximum Gasteiger partial charge on any atom is 0.231 e. The quantitative estimate of drug-likeness (QED) is 0.609. The summed E-state index contributed by atoms with van der Waals surface area (Å²) in [7, 11) is 0. The van der Waals surface area contributed by atoms with Crippen molar-refractivity contribution in [2.24, 2.45) is 0 Å². The van der Waals surface area contributed by atoms with Crippen LogP contribution in [0, 0.1) is 0 Å². The van der Waals surface area contributed by atoms with Crippen LogP contribution < -0.4 is 20.1 Å². The molecule has 156 valence electrons. The minimum atomic E-state index is -0.187. The number of nitrogens with one attached hydrogen (secondary N) is 2. The summed E-state index contributed by atoms with van der Waals surface area (Å²) < 4.78 is 10.8. The summed E-state index contributed by atoms with van der Waals surface area (Å²) in [6.07, 6.45) is 5.42. The Balaban J connectivity index is 0.00000240. The zero-order chi connectivity index (χ0) is 19.5. The molecular formula is C22H27ClN2O4. The van der Waals surface area contributed by atoms with Crippen LogP contribution in [0.15, 0.2) is 36.4 Å². The lowest BCUT2D eigenvalue weighted by atomic mass is 10.0. The van der Waals surface area contributed by atoms with E-state index in [1.807, 2.05) is 18.2 Å². The smallest absolute Gasteiger partial charge is 0.231 e. The van der Waals surface area contributed by atoms with Gasteiger partial charge in [0.05, 0.1) is 5.69 Å². The van der Waals surface area contributed by atoms with Crippen molar-refractivity contribution in [1.29, 1.82) is 0 Å². The number of fused-ring (bicyclic) bond motifs is 1. The van der Waals surface area contributed by atoms with E-state index in [0.717, 1.165) is 49.2 Å². The average Bonchev–Trinajstić information content (AvgIpc) is 3.32. The van der Waals surface area contributed by atoms with Gasteiger partial charge in [0.2, 0.25) is 12.7 Å². The average molecular weight is 419 g/mol. The molecule has 1 amide bonds. The molecular weight excluding hydrogens is 392 g/mol. The van der Waals surface area contributed by atoms with Gasteiger partial charge in [-0.1, -0.05) is 12.1 Å². The van der Waals surface area contributed by atoms with Crippen LogP contribution in [0.25, 0.3) is 0 Å². The summed E-state index contributed by atoms with van der Waals surface area (Å²) in [5.41, 5.74) is 2.84. The number of carbonyl (C=O) groups is 1. The van der Waals surface area contributed by atoms with E-state index < -0.39 is 0 Å². The third-order valence-electron chi connectivity index (χ3n) is 5.43. The van der Waals surface area contributed by atoms with Crippen LogP contribution in [0.2, 0.25) is 0 Å². The number of aryl methyl sites for hydroxylation is 1. The Labute approximate surface area is 177 Å². The van der Waals surface area contributed by atoms with Gasteiger partial charge in [-0.05, 0) is 67.5 Å². The fourth-order valence-electron chi connectivity index (χ4n) is 4.02. The van der Waals surface area contributed by atoms with Crippen molar-refractivity contribution in [3.05, 3.63) is 47.5 Å². The number of phenols is 1. The predicted octanol–water partition coefficient (Wildman–Crippen LogP) is 4.32. The first-order valence-electron chi connectivity index (χ1n) is 9.83. The zero-order valence-electron chi connectivity index (χ0n) is 16.4. The van der Waals surface area contributed by atoms with Gasteiger partial charge >= 0.3 is 0 Å². The zero-order valence-corrected chi connectivity index (χ0v) is 17.3. The lowest BCUT2D eigenvalue weighted by Gasteiger charge is -2.16. The number of aromatic hydroxyl groups is 1. The number of amides is 1. The number of anilines is 1. The monoisotopic (exact) mass is 418 g/mol. The molecule has 0 spiro atoms. The van der Waals surface area contributed by atoms with Gasteiger partial charge in [0.25, 0.3) is 0 Å². The molecule has 4 rings (SSSR count). The maximum absolute atomic E-state index is 11.3. The highest BCUT2D eigenvalue weighted by Gasteiger charge is 2.25. The molecule has 6 nitrogen and oxygen atoms in total. The van der Waals surface area contributed by atoms with E-state index in [4.69, 9.17) is 9.47 Å². The molecule has 0 aromatic heterocycles. The van der Waals surface area contributed by atoms with Crippen LogP contribution in [0.5, 0.6) is 17.2 Å². The van der Waals surface area contributed by atoms with Crippen molar-refractivity contribution < 1.29 is 19.4 Å². The molecule has 3 N–H and O–H groups in total. The fourth-order valence-corrected chi connectivity index (χ4v) is 4.02. The molecule has 0 aliphatic carbocycles. The first-order chi connectivity index (χ1) is 13.6. The van der Waals surface area contributed by atoms with E-state index in [1.54, 1.807) is 6.07 Å². The molecule has 0 radical (unpaired) electrons. The Morgan fingerprint density at radius 1 is 1.17 bits per heavy atom. The molecule has 2 atom stereocenters. The standard InChI is InChI=1S/C22H26N2O4.ClH/c1-14(25)23-19-12-16(6-9-20(19)26)18-8-7-17(24-18)4-2-3-15-5-10-21-22(11-15)28-13-27-21;/h5-6,9-12,17-18,24,26H,2-4,7-8,13H2,1H3,(H,23,25);1H. The van der Waals surface area contributed by atoms with Crippen LogP contribution in [0.3, 0.4) is 0 Å². The first-order valence-corrected chi connectivity index (χ1v) is 9.83. The van der Waals surface area contributed by atoms with E-state index in [-0.39, 0.29) is 30.1 Å². The summed E-state index contributed by atoms with van der Waals surface area (Å²) in [4.78, 5) is 11.3. The summed E-state index contributed by atoms with van der Waals surface area (Å²) in [6.45, 7) is 1.75. The number of ether oxygens (including phenoxy) is 2. The number of rotatable bonds is 6. The van der Waals surface area contributed by atoms with Gasteiger partial charge in [-0.15, -0.1) is 12.4 Å². The highest BCUT2D eigenvalue weighted by atomic mass is 35.5. The summed E-state index contributed by atoms with van der Waals surface area (Å²) in [6, 6.07) is 12.3. The molecule has 29 heavy (non-hydrogen) atoms. The van der Waals surface area contributed by atoms with Crippen molar-refractivity contribution >= 4 is 24.0 Å². The van der Waals surface area contributed by atoms with Gasteiger partial charge in [-0.2, -0.15) is 0 Å². The molecule has 2 aromatic rings. The SMILES string of the molecule is CC(=O)Nc1cc(C2CCC(CCCc3ccc4c(c3)OCO4)N2)ccc1O.Cl. The summed E-state index contributed by atoms with van der Waals surface area (Å²) >= 11 is 0. The number of hydrogen-bond acceptors (Lipinski definition) is 5. The Morgan fingerprint density at radius 3 is 2.83 bits per heavy atom. The minimum Gasteiger partial charge on any atom is -0.506 e. The molecule has 2 aliphatic heterocycles. The van der Waals surface area contributed by atoms with E-state index in [2.05, 4.69) is 22.8 Å². The fraction of sp³-hybridized carbons (Fsp3) is 0.409. The molecule has 2 aliphatic rings. The molecule has 2 heterocycles. The van der Waals surface area contributed by atoms with Gasteiger partial charge < -0.3 is 25.2 Å². The van der Waals surface area contributed by atoms with Crippen LogP contribution in [0.4, 0.5) is 5.69 Å². The van der Waals surface area contributed by atoms with E-state index in [1.165, 1.54) is 12.5 Å². The number of hydrogen-bond donors (Lipinski definition) is 3. The van der Waals surface area contributed by atoms with Crippen molar-refractivity contribution in [3.8, 4) is 17.2 Å². The van der Waals surface area contributed by atoms with Crippen molar-refractivity contribution in [2.75, 3.05) is 12.1 Å². The normalized spacial score (nSPS) is 19.6.